The van der Waals surface area contributed by atoms with Crippen LogP contribution in [0.15, 0.2) is 71.7 Å². The van der Waals surface area contributed by atoms with E-state index in [1.165, 1.54) is 12.3 Å². The molecule has 0 atom stereocenters. The number of anilines is 3. The van der Waals surface area contributed by atoms with Crippen LogP contribution in [0.25, 0.3) is 33.5 Å². The Bertz CT molecular complexity index is 2050. The smallest absolute Gasteiger partial charge is 0.270 e. The van der Waals surface area contributed by atoms with Gasteiger partial charge in [-0.25, -0.2) is 18.9 Å². The molecule has 1 N–H and O–H groups in total. The number of halogens is 1. The summed E-state index contributed by atoms with van der Waals surface area (Å²) in [7, 11) is 0. The fraction of sp³-hybridized carbons (Fsp3) is 0.273. The first-order valence-electron chi connectivity index (χ1n) is 14.6. The zero-order valence-corrected chi connectivity index (χ0v) is 24.7. The summed E-state index contributed by atoms with van der Waals surface area (Å²) in [6.07, 6.45) is 1.53. The van der Waals surface area contributed by atoms with Gasteiger partial charge in [0.25, 0.3) is 5.56 Å². The highest BCUT2D eigenvalue weighted by Gasteiger charge is 2.23. The van der Waals surface area contributed by atoms with Gasteiger partial charge >= 0.3 is 0 Å². The van der Waals surface area contributed by atoms with E-state index in [0.717, 1.165) is 54.0 Å². The van der Waals surface area contributed by atoms with Gasteiger partial charge in [0.1, 0.15) is 11.2 Å². The Morgan fingerprint density at radius 1 is 0.907 bits per heavy atom. The van der Waals surface area contributed by atoms with Crippen molar-refractivity contribution in [1.82, 2.24) is 28.8 Å². The van der Waals surface area contributed by atoms with Crippen LogP contribution in [0.2, 0.25) is 0 Å². The first-order chi connectivity index (χ1) is 20.8. The number of hydrogen-bond acceptors (Lipinski definition) is 7. The van der Waals surface area contributed by atoms with Crippen LogP contribution >= 0.6 is 0 Å². The number of fused-ring (bicyclic) bond motifs is 5. The van der Waals surface area contributed by atoms with Crippen molar-refractivity contribution in [2.45, 2.75) is 33.7 Å². The minimum Gasteiger partial charge on any atom is -0.367 e. The Kier molecular flexibility index (Phi) is 6.58. The number of aromatic nitrogens is 5. The van der Waals surface area contributed by atoms with E-state index in [2.05, 4.69) is 33.9 Å². The summed E-state index contributed by atoms with van der Waals surface area (Å²) in [6.45, 7) is 11.7. The topological polar surface area (TPSA) is 83.6 Å². The van der Waals surface area contributed by atoms with Crippen molar-refractivity contribution in [3.8, 4) is 5.69 Å². The van der Waals surface area contributed by atoms with E-state index in [1.807, 2.05) is 66.8 Å². The number of piperazine rings is 1. The molecule has 0 bridgehead atoms. The van der Waals surface area contributed by atoms with Crippen molar-refractivity contribution in [1.29, 1.82) is 0 Å². The highest BCUT2D eigenvalue weighted by Crippen LogP contribution is 2.28. The van der Waals surface area contributed by atoms with Crippen LogP contribution in [0.5, 0.6) is 0 Å². The molecule has 0 aliphatic carbocycles. The third-order valence-corrected chi connectivity index (χ3v) is 8.41. The first-order valence-corrected chi connectivity index (χ1v) is 14.6. The number of rotatable bonds is 5. The molecule has 1 aliphatic rings. The normalized spacial score (nSPS) is 14.4. The zero-order valence-electron chi connectivity index (χ0n) is 24.7. The predicted molar refractivity (Wildman–Crippen MR) is 169 cm³/mol. The molecule has 218 valence electrons. The van der Waals surface area contributed by atoms with Crippen LogP contribution < -0.4 is 15.8 Å². The molecule has 1 fully saturated rings. The molecule has 10 heteroatoms. The van der Waals surface area contributed by atoms with Crippen molar-refractivity contribution in [2.75, 3.05) is 36.4 Å². The lowest BCUT2D eigenvalue weighted by Crippen LogP contribution is -2.49. The maximum Gasteiger partial charge on any atom is 0.270 e. The molecule has 0 unspecified atom stereocenters. The summed E-state index contributed by atoms with van der Waals surface area (Å²) >= 11 is 0. The third-order valence-electron chi connectivity index (χ3n) is 8.41. The molecule has 3 aromatic carbocycles. The number of aryl methyl sites for hydroxylation is 2. The molecule has 6 aromatic rings. The predicted octanol–water partition coefficient (Wildman–Crippen LogP) is 5.61. The molecule has 3 aromatic heterocycles. The Labute approximate surface area is 248 Å². The van der Waals surface area contributed by atoms with Gasteiger partial charge in [-0.3, -0.25) is 14.1 Å². The summed E-state index contributed by atoms with van der Waals surface area (Å²) in [5, 5.41) is 3.50. The van der Waals surface area contributed by atoms with Crippen LogP contribution in [-0.4, -0.2) is 61.0 Å². The van der Waals surface area contributed by atoms with Crippen molar-refractivity contribution < 1.29 is 4.39 Å². The van der Waals surface area contributed by atoms with Gasteiger partial charge in [0, 0.05) is 44.1 Å². The van der Waals surface area contributed by atoms with Gasteiger partial charge in [0.2, 0.25) is 11.7 Å². The highest BCUT2D eigenvalue weighted by molar-refractivity contribution is 5.88. The van der Waals surface area contributed by atoms with Crippen molar-refractivity contribution >= 4 is 45.2 Å². The van der Waals surface area contributed by atoms with E-state index < -0.39 is 0 Å². The maximum atomic E-state index is 15.3. The largest absolute Gasteiger partial charge is 0.367 e. The van der Waals surface area contributed by atoms with E-state index in [4.69, 9.17) is 9.97 Å². The summed E-state index contributed by atoms with van der Waals surface area (Å²) in [6, 6.07) is 19.3. The van der Waals surface area contributed by atoms with Gasteiger partial charge in [-0.1, -0.05) is 30.3 Å². The summed E-state index contributed by atoms with van der Waals surface area (Å²) < 4.78 is 18.9. The van der Waals surface area contributed by atoms with Crippen LogP contribution in [0.1, 0.15) is 25.0 Å². The van der Waals surface area contributed by atoms with Crippen molar-refractivity contribution in [2.24, 2.45) is 0 Å². The van der Waals surface area contributed by atoms with Gasteiger partial charge in [-0.15, -0.1) is 0 Å². The Balaban J connectivity index is 1.31. The van der Waals surface area contributed by atoms with Crippen LogP contribution in [0.3, 0.4) is 0 Å². The van der Waals surface area contributed by atoms with Crippen molar-refractivity contribution in [3.05, 3.63) is 94.2 Å². The quantitative estimate of drug-likeness (QED) is 0.286. The van der Waals surface area contributed by atoms with Crippen LogP contribution in [-0.2, 0) is 0 Å². The lowest BCUT2D eigenvalue weighted by Gasteiger charge is -2.38. The van der Waals surface area contributed by atoms with Gasteiger partial charge in [0.15, 0.2) is 5.65 Å². The number of hydrogen-bond donors (Lipinski definition) is 1. The molecule has 1 saturated heterocycles. The van der Waals surface area contributed by atoms with E-state index in [-0.39, 0.29) is 17.3 Å². The number of imidazole rings is 1. The van der Waals surface area contributed by atoms with Crippen LogP contribution in [0, 0.1) is 19.7 Å². The minimum absolute atomic E-state index is 0.255. The SMILES string of the molecule is Cc1cccc(C)c1-n1c(=O)c2cnc(Nc3ccc(N4CCN(C(C)C)CC4)c(F)c3)nc2n2c3ccccc3nc12. The summed E-state index contributed by atoms with van der Waals surface area (Å²) in [4.78, 5) is 32.6. The molecule has 0 amide bonds. The zero-order chi connectivity index (χ0) is 29.8. The fourth-order valence-electron chi connectivity index (χ4n) is 6.15. The lowest BCUT2D eigenvalue weighted by atomic mass is 10.1. The van der Waals surface area contributed by atoms with Gasteiger partial charge in [0.05, 0.1) is 22.4 Å². The number of para-hydroxylation sites is 3. The molecular formula is C33H33FN8O. The lowest BCUT2D eigenvalue weighted by molar-refractivity contribution is 0.209. The summed E-state index contributed by atoms with van der Waals surface area (Å²) in [5.74, 6) is 0.422. The first kappa shape index (κ1) is 27.0. The molecule has 7 rings (SSSR count). The molecule has 43 heavy (non-hydrogen) atoms. The second-order valence-electron chi connectivity index (χ2n) is 11.5. The van der Waals surface area contributed by atoms with E-state index in [0.29, 0.717) is 34.2 Å². The number of nitrogens with one attached hydrogen (secondary N) is 1. The molecule has 1 aliphatic heterocycles. The highest BCUT2D eigenvalue weighted by atomic mass is 19.1. The Hall–Kier alpha value is -4.83. The monoisotopic (exact) mass is 576 g/mol. The fourth-order valence-corrected chi connectivity index (χ4v) is 6.15. The average Bonchev–Trinajstić information content (AvgIpc) is 3.38. The van der Waals surface area contributed by atoms with Gasteiger partial charge in [-0.05, 0) is 69.2 Å². The minimum atomic E-state index is -0.303. The van der Waals surface area contributed by atoms with Gasteiger partial charge in [-0.2, -0.15) is 4.98 Å². The molecule has 0 radical (unpaired) electrons. The van der Waals surface area contributed by atoms with E-state index in [1.54, 1.807) is 10.6 Å². The Morgan fingerprint density at radius 3 is 2.37 bits per heavy atom. The molecule has 4 heterocycles. The average molecular weight is 577 g/mol. The standard InChI is InChI=1S/C33H33FN8O/c1-20(2)39-14-16-40(17-15-39)27-13-12-23(18-25(27)34)36-32-35-19-24-30(38-32)41-28-11-6-5-10-26(28)37-33(41)42(31(24)43)29-21(3)8-7-9-22(29)4/h5-13,18-20H,14-17H2,1-4H3,(H,35,36,38). The molecule has 0 spiro atoms. The number of benzene rings is 3. The second kappa shape index (κ2) is 10.5. The van der Waals surface area contributed by atoms with E-state index in [9.17, 15) is 4.79 Å². The third kappa shape index (κ3) is 4.58. The van der Waals surface area contributed by atoms with E-state index >= 15 is 4.39 Å². The molecule has 0 saturated carbocycles. The van der Waals surface area contributed by atoms with Crippen LogP contribution in [0.4, 0.5) is 21.7 Å². The Morgan fingerprint density at radius 2 is 1.65 bits per heavy atom. The summed E-state index contributed by atoms with van der Waals surface area (Å²) in [5.41, 5.74) is 5.56. The molecular weight excluding hydrogens is 543 g/mol. The molecule has 9 nitrogen and oxygen atoms in total. The van der Waals surface area contributed by atoms with Gasteiger partial charge < -0.3 is 10.2 Å². The number of nitrogens with zero attached hydrogens (tertiary/aromatic N) is 7. The maximum absolute atomic E-state index is 15.3. The van der Waals surface area contributed by atoms with Crippen molar-refractivity contribution in [3.63, 3.8) is 0 Å². The second-order valence-corrected chi connectivity index (χ2v) is 11.5.